The summed E-state index contributed by atoms with van der Waals surface area (Å²) in [4.78, 5) is 24.6. The summed E-state index contributed by atoms with van der Waals surface area (Å²) in [5, 5.41) is 23.1. The molecule has 6 heteroatoms. The van der Waals surface area contributed by atoms with Crippen LogP contribution in [-0.2, 0) is 14.3 Å². The molecule has 0 saturated heterocycles. The van der Waals surface area contributed by atoms with Crippen LogP contribution in [0, 0.1) is 0 Å². The SMILES string of the molecule is CCCCCCCCCCCC/C=C/C(O)C(CO)NC(=O)CCCCCCCCCCCCCCC/C=C\CCCCCCCCCCCCCCOC(=O)CCCCCCCCCCCCCCCCCCCC. The van der Waals surface area contributed by atoms with Gasteiger partial charge in [-0.15, -0.1) is 0 Å². The molecule has 0 aliphatic heterocycles. The number of hydrogen-bond acceptors (Lipinski definition) is 5. The summed E-state index contributed by atoms with van der Waals surface area (Å²) in [6.07, 6.45) is 82.6. The first-order valence-electron chi connectivity index (χ1n) is 34.6. The number of carbonyl (C=O) groups excluding carboxylic acids is 2. The highest BCUT2D eigenvalue weighted by molar-refractivity contribution is 5.76. The molecule has 0 rings (SSSR count). The number of unbranched alkanes of at least 4 members (excludes halogenated alkanes) is 52. The number of carbonyl (C=O) groups is 2. The Labute approximate surface area is 475 Å². The van der Waals surface area contributed by atoms with E-state index in [2.05, 4.69) is 31.3 Å². The molecule has 450 valence electrons. The maximum Gasteiger partial charge on any atom is 0.305 e. The second-order valence-corrected chi connectivity index (χ2v) is 23.9. The van der Waals surface area contributed by atoms with E-state index in [1.807, 2.05) is 6.08 Å². The lowest BCUT2D eigenvalue weighted by atomic mass is 10.0. The van der Waals surface area contributed by atoms with Crippen molar-refractivity contribution in [2.24, 2.45) is 0 Å². The zero-order valence-corrected chi connectivity index (χ0v) is 51.5. The van der Waals surface area contributed by atoms with Crippen LogP contribution in [0.5, 0.6) is 0 Å². The smallest absolute Gasteiger partial charge is 0.305 e. The minimum absolute atomic E-state index is 0.0211. The van der Waals surface area contributed by atoms with Crippen LogP contribution in [0.3, 0.4) is 0 Å². The van der Waals surface area contributed by atoms with E-state index in [4.69, 9.17) is 4.74 Å². The van der Waals surface area contributed by atoms with Gasteiger partial charge < -0.3 is 20.3 Å². The number of ether oxygens (including phenoxy) is 1. The highest BCUT2D eigenvalue weighted by Gasteiger charge is 2.18. The molecule has 0 aromatic rings. The van der Waals surface area contributed by atoms with E-state index in [9.17, 15) is 19.8 Å². The summed E-state index contributed by atoms with van der Waals surface area (Å²) in [6, 6.07) is -0.626. The van der Waals surface area contributed by atoms with Crippen molar-refractivity contribution in [1.29, 1.82) is 0 Å². The monoisotopic (exact) mass is 1070 g/mol. The lowest BCUT2D eigenvalue weighted by molar-refractivity contribution is -0.143. The first-order valence-corrected chi connectivity index (χ1v) is 34.6. The molecule has 76 heavy (non-hydrogen) atoms. The first kappa shape index (κ1) is 74.3. The van der Waals surface area contributed by atoms with Crippen LogP contribution in [0.4, 0.5) is 0 Å². The van der Waals surface area contributed by atoms with E-state index in [-0.39, 0.29) is 18.5 Å². The van der Waals surface area contributed by atoms with Crippen LogP contribution in [0.15, 0.2) is 24.3 Å². The van der Waals surface area contributed by atoms with Gasteiger partial charge in [-0.1, -0.05) is 340 Å². The molecule has 0 bridgehead atoms. The van der Waals surface area contributed by atoms with Crippen LogP contribution in [-0.4, -0.2) is 47.4 Å². The molecular formula is C70H135NO5. The van der Waals surface area contributed by atoms with Crippen molar-refractivity contribution in [3.63, 3.8) is 0 Å². The van der Waals surface area contributed by atoms with Gasteiger partial charge in [0.25, 0.3) is 0 Å². The standard InChI is InChI=1S/C70H135NO5/c1-3-5-7-9-11-13-15-17-18-19-34-37-40-44-48-52-56-60-64-70(75)76-65-61-57-53-49-45-41-38-35-32-30-28-26-24-22-20-21-23-25-27-29-31-33-36-39-43-47-51-55-59-63-69(74)71-67(66-72)68(73)62-58-54-50-46-42-16-14-12-10-8-6-4-2/h20,22,58,62,67-68,72-73H,3-19,21,23-57,59-61,63-66H2,1-2H3,(H,71,74)/b22-20-,62-58+. The molecule has 0 radical (unpaired) electrons. The topological polar surface area (TPSA) is 95.9 Å². The number of aliphatic hydroxyl groups excluding tert-OH is 2. The van der Waals surface area contributed by atoms with Gasteiger partial charge >= 0.3 is 5.97 Å². The van der Waals surface area contributed by atoms with Gasteiger partial charge in [-0.2, -0.15) is 0 Å². The molecular weight excluding hydrogens is 935 g/mol. The molecule has 1 amide bonds. The Bertz CT molecular complexity index is 1190. The van der Waals surface area contributed by atoms with Crippen LogP contribution < -0.4 is 5.32 Å². The Morgan fingerprint density at radius 3 is 0.934 bits per heavy atom. The van der Waals surface area contributed by atoms with Crippen molar-refractivity contribution in [2.45, 2.75) is 398 Å². The number of amides is 1. The first-order chi connectivity index (χ1) is 37.5. The summed E-state index contributed by atoms with van der Waals surface area (Å²) < 4.78 is 5.51. The van der Waals surface area contributed by atoms with Gasteiger partial charge in [0.15, 0.2) is 0 Å². The van der Waals surface area contributed by atoms with E-state index in [1.165, 1.54) is 321 Å². The summed E-state index contributed by atoms with van der Waals surface area (Å²) in [5.74, 6) is -0.0452. The Morgan fingerprint density at radius 2 is 0.618 bits per heavy atom. The van der Waals surface area contributed by atoms with Crippen LogP contribution in [0.25, 0.3) is 0 Å². The Balaban J connectivity index is 3.35. The van der Waals surface area contributed by atoms with Crippen molar-refractivity contribution >= 4 is 11.9 Å². The molecule has 3 N–H and O–H groups in total. The Hall–Kier alpha value is -1.66. The lowest BCUT2D eigenvalue weighted by Crippen LogP contribution is -2.45. The van der Waals surface area contributed by atoms with Gasteiger partial charge in [0.05, 0.1) is 25.4 Å². The second-order valence-electron chi connectivity index (χ2n) is 23.9. The molecule has 0 heterocycles. The van der Waals surface area contributed by atoms with E-state index >= 15 is 0 Å². The van der Waals surface area contributed by atoms with Crippen molar-refractivity contribution in [3.05, 3.63) is 24.3 Å². The third kappa shape index (κ3) is 61.6. The molecule has 0 aromatic carbocycles. The fourth-order valence-electron chi connectivity index (χ4n) is 10.9. The lowest BCUT2D eigenvalue weighted by Gasteiger charge is -2.20. The number of allylic oxidation sites excluding steroid dienone is 3. The zero-order chi connectivity index (χ0) is 55.0. The van der Waals surface area contributed by atoms with Gasteiger partial charge in [-0.3, -0.25) is 9.59 Å². The van der Waals surface area contributed by atoms with Crippen LogP contribution in [0.2, 0.25) is 0 Å². The average molecular weight is 1070 g/mol. The number of rotatable bonds is 65. The number of nitrogens with one attached hydrogen (secondary N) is 1. The zero-order valence-electron chi connectivity index (χ0n) is 51.5. The molecule has 0 aliphatic carbocycles. The molecule has 2 unspecified atom stereocenters. The fourth-order valence-corrected chi connectivity index (χ4v) is 10.9. The number of esters is 1. The van der Waals surface area contributed by atoms with Gasteiger partial charge in [0, 0.05) is 12.8 Å². The predicted molar refractivity (Wildman–Crippen MR) is 333 cm³/mol. The quantitative estimate of drug-likeness (QED) is 0.0320. The van der Waals surface area contributed by atoms with Crippen molar-refractivity contribution in [2.75, 3.05) is 13.2 Å². The normalized spacial score (nSPS) is 12.6. The second kappa shape index (κ2) is 65.9. The van der Waals surface area contributed by atoms with E-state index in [0.717, 1.165) is 38.5 Å². The van der Waals surface area contributed by atoms with Crippen LogP contribution >= 0.6 is 0 Å². The fraction of sp³-hybridized carbons (Fsp3) is 0.914. The highest BCUT2D eigenvalue weighted by Crippen LogP contribution is 2.18. The highest BCUT2D eigenvalue weighted by atomic mass is 16.5. The molecule has 0 aromatic heterocycles. The molecule has 6 nitrogen and oxygen atoms in total. The molecule has 0 spiro atoms. The molecule has 0 saturated carbocycles. The maximum absolute atomic E-state index is 12.4. The third-order valence-corrected chi connectivity index (χ3v) is 16.2. The van der Waals surface area contributed by atoms with Crippen molar-refractivity contribution in [3.8, 4) is 0 Å². The summed E-state index contributed by atoms with van der Waals surface area (Å²) in [6.45, 7) is 4.93. The molecule has 0 fully saturated rings. The molecule has 0 aliphatic rings. The van der Waals surface area contributed by atoms with E-state index in [1.54, 1.807) is 6.08 Å². The average Bonchev–Trinajstić information content (AvgIpc) is 3.42. The third-order valence-electron chi connectivity index (χ3n) is 16.2. The molecule has 2 atom stereocenters. The van der Waals surface area contributed by atoms with E-state index < -0.39 is 12.1 Å². The number of hydrogen-bond donors (Lipinski definition) is 3. The Morgan fingerprint density at radius 1 is 0.355 bits per heavy atom. The summed E-state index contributed by atoms with van der Waals surface area (Å²) in [5.41, 5.74) is 0. The minimum Gasteiger partial charge on any atom is -0.466 e. The van der Waals surface area contributed by atoms with Crippen molar-refractivity contribution < 1.29 is 24.5 Å². The van der Waals surface area contributed by atoms with Crippen molar-refractivity contribution in [1.82, 2.24) is 5.32 Å². The summed E-state index contributed by atoms with van der Waals surface area (Å²) in [7, 11) is 0. The van der Waals surface area contributed by atoms with E-state index in [0.29, 0.717) is 19.4 Å². The minimum atomic E-state index is -0.842. The van der Waals surface area contributed by atoms with Gasteiger partial charge in [0.1, 0.15) is 0 Å². The predicted octanol–water partition coefficient (Wildman–Crippen LogP) is 22.1. The Kier molecular flexibility index (Phi) is 64.4. The maximum atomic E-state index is 12.4. The largest absolute Gasteiger partial charge is 0.466 e. The van der Waals surface area contributed by atoms with Gasteiger partial charge in [-0.05, 0) is 57.8 Å². The number of aliphatic hydroxyl groups is 2. The van der Waals surface area contributed by atoms with Gasteiger partial charge in [-0.25, -0.2) is 0 Å². The van der Waals surface area contributed by atoms with Crippen LogP contribution in [0.1, 0.15) is 386 Å². The van der Waals surface area contributed by atoms with Gasteiger partial charge in [0.2, 0.25) is 5.91 Å². The summed E-state index contributed by atoms with van der Waals surface area (Å²) >= 11 is 0.